The smallest absolute Gasteiger partial charge is 0.161 e. The van der Waals surface area contributed by atoms with Gasteiger partial charge in [-0.05, 0) is 12.1 Å². The zero-order valence-electron chi connectivity index (χ0n) is 7.72. The number of fused-ring (bicyclic) bond motifs is 1. The molecule has 0 aromatic heterocycles. The molecule has 0 fully saturated rings. The molecule has 0 radical (unpaired) electrons. The lowest BCUT2D eigenvalue weighted by molar-refractivity contribution is -0.00530. The van der Waals surface area contributed by atoms with Gasteiger partial charge in [-0.25, -0.2) is 0 Å². The number of hydrogen-bond donors (Lipinski definition) is 2. The quantitative estimate of drug-likeness (QED) is 0.704. The summed E-state index contributed by atoms with van der Waals surface area (Å²) >= 11 is 0. The number of aliphatic hydroxyl groups excluding tert-OH is 1. The topological polar surface area (TPSA) is 64.7 Å². The van der Waals surface area contributed by atoms with E-state index in [1.54, 1.807) is 0 Å². The zero-order chi connectivity index (χ0) is 9.97. The molecule has 1 heterocycles. The maximum atomic E-state index is 9.48. The summed E-state index contributed by atoms with van der Waals surface area (Å²) in [6.07, 6.45) is -1.04. The van der Waals surface area contributed by atoms with Crippen LogP contribution < -0.4 is 15.2 Å². The van der Waals surface area contributed by atoms with Gasteiger partial charge in [-0.15, -0.1) is 0 Å². The highest BCUT2D eigenvalue weighted by atomic mass is 16.6. The lowest BCUT2D eigenvalue weighted by Crippen LogP contribution is -2.43. The van der Waals surface area contributed by atoms with Gasteiger partial charge in [0, 0.05) is 6.54 Å². The summed E-state index contributed by atoms with van der Waals surface area (Å²) in [5.74, 6) is 1.38. The molecule has 2 atom stereocenters. The van der Waals surface area contributed by atoms with Crippen LogP contribution in [0.15, 0.2) is 24.3 Å². The van der Waals surface area contributed by atoms with Crippen LogP contribution in [0.4, 0.5) is 0 Å². The summed E-state index contributed by atoms with van der Waals surface area (Å²) < 4.78 is 10.9. The molecular weight excluding hydrogens is 182 g/mol. The van der Waals surface area contributed by atoms with Crippen LogP contribution in [0.25, 0.3) is 0 Å². The van der Waals surface area contributed by atoms with Crippen molar-refractivity contribution in [1.29, 1.82) is 0 Å². The molecule has 1 aliphatic heterocycles. The Balaban J connectivity index is 2.13. The molecule has 0 saturated heterocycles. The monoisotopic (exact) mass is 195 g/mol. The highest BCUT2D eigenvalue weighted by molar-refractivity contribution is 5.40. The first-order valence-corrected chi connectivity index (χ1v) is 4.58. The fraction of sp³-hybridized carbons (Fsp3) is 0.400. The number of rotatable bonds is 2. The molecule has 0 bridgehead atoms. The minimum atomic E-state index is -0.677. The molecule has 1 aromatic rings. The van der Waals surface area contributed by atoms with E-state index in [0.29, 0.717) is 18.1 Å². The third-order valence-electron chi connectivity index (χ3n) is 2.20. The largest absolute Gasteiger partial charge is 0.486 e. The first kappa shape index (κ1) is 9.30. The number of aliphatic hydroxyl groups is 1. The average Bonchev–Trinajstić information content (AvgIpc) is 2.27. The van der Waals surface area contributed by atoms with Gasteiger partial charge < -0.3 is 20.3 Å². The van der Waals surface area contributed by atoms with Crippen molar-refractivity contribution in [2.24, 2.45) is 5.73 Å². The molecule has 2 rings (SSSR count). The van der Waals surface area contributed by atoms with Gasteiger partial charge in [0.2, 0.25) is 0 Å². The maximum absolute atomic E-state index is 9.48. The lowest BCUT2D eigenvalue weighted by atomic mass is 10.2. The molecule has 76 valence electrons. The van der Waals surface area contributed by atoms with E-state index >= 15 is 0 Å². The second-order valence-electron chi connectivity index (χ2n) is 3.22. The number of hydrogen-bond acceptors (Lipinski definition) is 4. The molecule has 0 aliphatic carbocycles. The van der Waals surface area contributed by atoms with Crippen LogP contribution in [-0.4, -0.2) is 30.5 Å². The molecule has 2 unspecified atom stereocenters. The number of benzene rings is 1. The van der Waals surface area contributed by atoms with Crippen molar-refractivity contribution >= 4 is 0 Å². The Morgan fingerprint density at radius 1 is 1.43 bits per heavy atom. The van der Waals surface area contributed by atoms with Crippen LogP contribution in [0, 0.1) is 0 Å². The standard InChI is InChI=1S/C10H13NO3/c11-5-7(12)10-6-13-8-3-1-2-4-9(8)14-10/h1-4,7,10,12H,5-6,11H2. The normalized spacial score (nSPS) is 21.7. The molecule has 3 N–H and O–H groups in total. The number of ether oxygens (including phenoxy) is 2. The predicted molar refractivity (Wildman–Crippen MR) is 51.4 cm³/mol. The number of para-hydroxylation sites is 2. The van der Waals surface area contributed by atoms with E-state index in [1.807, 2.05) is 24.3 Å². The van der Waals surface area contributed by atoms with Gasteiger partial charge in [0.15, 0.2) is 17.6 Å². The van der Waals surface area contributed by atoms with Crippen LogP contribution in [0.1, 0.15) is 0 Å². The SMILES string of the molecule is NCC(O)C1COc2ccccc2O1. The van der Waals surface area contributed by atoms with Gasteiger partial charge in [0.25, 0.3) is 0 Å². The van der Waals surface area contributed by atoms with Crippen LogP contribution in [-0.2, 0) is 0 Å². The Labute approximate surface area is 82.2 Å². The fourth-order valence-corrected chi connectivity index (χ4v) is 1.38. The summed E-state index contributed by atoms with van der Waals surface area (Å²) in [6, 6.07) is 7.38. The summed E-state index contributed by atoms with van der Waals surface area (Å²) in [5.41, 5.74) is 5.34. The van der Waals surface area contributed by atoms with Gasteiger partial charge in [-0.2, -0.15) is 0 Å². The molecule has 0 amide bonds. The van der Waals surface area contributed by atoms with E-state index in [2.05, 4.69) is 0 Å². The van der Waals surface area contributed by atoms with Gasteiger partial charge in [0.1, 0.15) is 12.7 Å². The van der Waals surface area contributed by atoms with Gasteiger partial charge in [-0.3, -0.25) is 0 Å². The molecule has 0 spiro atoms. The lowest BCUT2D eigenvalue weighted by Gasteiger charge is -2.28. The van der Waals surface area contributed by atoms with Crippen molar-refractivity contribution in [2.75, 3.05) is 13.2 Å². The number of nitrogens with two attached hydrogens (primary N) is 1. The average molecular weight is 195 g/mol. The maximum Gasteiger partial charge on any atom is 0.161 e. The van der Waals surface area contributed by atoms with Crippen LogP contribution in [0.2, 0.25) is 0 Å². The van der Waals surface area contributed by atoms with Crippen molar-refractivity contribution in [1.82, 2.24) is 0 Å². The van der Waals surface area contributed by atoms with E-state index in [9.17, 15) is 5.11 Å². The molecular formula is C10H13NO3. The van der Waals surface area contributed by atoms with Crippen molar-refractivity contribution in [3.05, 3.63) is 24.3 Å². The first-order chi connectivity index (χ1) is 6.81. The summed E-state index contributed by atoms with van der Waals surface area (Å²) in [6.45, 7) is 0.519. The Bertz CT molecular complexity index is 316. The molecule has 0 saturated carbocycles. The Kier molecular flexibility index (Phi) is 2.56. The minimum Gasteiger partial charge on any atom is -0.486 e. The van der Waals surface area contributed by atoms with Gasteiger partial charge >= 0.3 is 0 Å². The Morgan fingerprint density at radius 3 is 2.86 bits per heavy atom. The zero-order valence-corrected chi connectivity index (χ0v) is 7.72. The van der Waals surface area contributed by atoms with E-state index in [-0.39, 0.29) is 12.6 Å². The predicted octanol–water partition coefficient (Wildman–Crippen LogP) is 0.146. The van der Waals surface area contributed by atoms with E-state index in [1.165, 1.54) is 0 Å². The summed E-state index contributed by atoms with van der Waals surface area (Å²) in [5, 5.41) is 9.48. The van der Waals surface area contributed by atoms with Gasteiger partial charge in [-0.1, -0.05) is 12.1 Å². The molecule has 14 heavy (non-hydrogen) atoms. The molecule has 4 heteroatoms. The Morgan fingerprint density at radius 2 is 2.14 bits per heavy atom. The van der Waals surface area contributed by atoms with E-state index < -0.39 is 6.10 Å². The third-order valence-corrected chi connectivity index (χ3v) is 2.20. The third kappa shape index (κ3) is 1.66. The van der Waals surface area contributed by atoms with Crippen LogP contribution in [0.5, 0.6) is 11.5 Å². The second kappa shape index (κ2) is 3.86. The van der Waals surface area contributed by atoms with Crippen molar-refractivity contribution in [3.63, 3.8) is 0 Å². The highest BCUT2D eigenvalue weighted by Gasteiger charge is 2.26. The molecule has 1 aliphatic rings. The van der Waals surface area contributed by atoms with Crippen molar-refractivity contribution in [3.8, 4) is 11.5 Å². The fourth-order valence-electron chi connectivity index (χ4n) is 1.38. The molecule has 1 aromatic carbocycles. The first-order valence-electron chi connectivity index (χ1n) is 4.58. The van der Waals surface area contributed by atoms with E-state index in [0.717, 1.165) is 0 Å². The van der Waals surface area contributed by atoms with Crippen LogP contribution in [0.3, 0.4) is 0 Å². The Hall–Kier alpha value is -1.26. The molecule has 4 nitrogen and oxygen atoms in total. The summed E-state index contributed by atoms with van der Waals surface area (Å²) in [7, 11) is 0. The highest BCUT2D eigenvalue weighted by Crippen LogP contribution is 2.31. The van der Waals surface area contributed by atoms with E-state index in [4.69, 9.17) is 15.2 Å². The minimum absolute atomic E-state index is 0.177. The van der Waals surface area contributed by atoms with Crippen molar-refractivity contribution in [2.45, 2.75) is 12.2 Å². The van der Waals surface area contributed by atoms with Crippen LogP contribution >= 0.6 is 0 Å². The van der Waals surface area contributed by atoms with Crippen molar-refractivity contribution < 1.29 is 14.6 Å². The summed E-state index contributed by atoms with van der Waals surface area (Å²) in [4.78, 5) is 0. The van der Waals surface area contributed by atoms with Gasteiger partial charge in [0.05, 0.1) is 0 Å². The second-order valence-corrected chi connectivity index (χ2v) is 3.22.